The molecule has 2 heterocycles. The summed E-state index contributed by atoms with van der Waals surface area (Å²) in [4.78, 5) is 27.2. The minimum Gasteiger partial charge on any atom is -0.273 e. The Morgan fingerprint density at radius 2 is 1.67 bits per heavy atom. The van der Waals surface area contributed by atoms with Crippen LogP contribution in [0.3, 0.4) is 0 Å². The summed E-state index contributed by atoms with van der Waals surface area (Å²) in [7, 11) is 1.42. The lowest BCUT2D eigenvalue weighted by Crippen LogP contribution is -2.39. The molecule has 0 saturated carbocycles. The molecule has 1 aliphatic rings. The minimum absolute atomic E-state index is 0.00685. The van der Waals surface area contributed by atoms with Gasteiger partial charge in [-0.05, 0) is 18.2 Å². The fourth-order valence-electron chi connectivity index (χ4n) is 2.70. The van der Waals surface area contributed by atoms with Crippen molar-refractivity contribution in [2.45, 2.75) is 18.8 Å². The minimum atomic E-state index is -5.00. The third kappa shape index (κ3) is 4.44. The number of aromatic nitrogens is 3. The van der Waals surface area contributed by atoms with E-state index in [1.54, 1.807) is 0 Å². The second kappa shape index (κ2) is 7.46. The Balaban J connectivity index is 1.87. The molecule has 30 heavy (non-hydrogen) atoms. The van der Waals surface area contributed by atoms with Crippen molar-refractivity contribution in [1.29, 1.82) is 0 Å². The number of carbonyl (C=O) groups excluding carboxylic acids is 2. The number of nitrogens with zero attached hydrogens (tertiary/aromatic N) is 5. The maximum absolute atomic E-state index is 13.0. The van der Waals surface area contributed by atoms with Crippen molar-refractivity contribution in [2.24, 2.45) is 0 Å². The number of alkyl halides is 6. The highest BCUT2D eigenvalue weighted by Gasteiger charge is 2.37. The lowest BCUT2D eigenvalue weighted by atomic mass is 10.0. The largest absolute Gasteiger partial charge is 0.416 e. The molecule has 1 aliphatic heterocycles. The Kier molecular flexibility index (Phi) is 5.31. The van der Waals surface area contributed by atoms with E-state index in [9.17, 15) is 35.9 Å². The number of rotatable bonds is 3. The maximum atomic E-state index is 13.0. The third-order valence-electron chi connectivity index (χ3n) is 4.24. The van der Waals surface area contributed by atoms with E-state index in [2.05, 4.69) is 10.1 Å². The molecule has 1 fully saturated rings. The average Bonchev–Trinajstić information content (AvgIpc) is 3.25. The Morgan fingerprint density at radius 1 is 1.07 bits per heavy atom. The molecule has 3 rings (SSSR count). The van der Waals surface area contributed by atoms with E-state index >= 15 is 0 Å². The molecule has 0 spiro atoms. The normalized spacial score (nSPS) is 15.5. The highest BCUT2D eigenvalue weighted by molar-refractivity contribution is 5.93. The quantitative estimate of drug-likeness (QED) is 0.551. The summed E-state index contributed by atoms with van der Waals surface area (Å²) in [5.74, 6) is -1.19. The SMILES string of the molecule is CN1C(=O)CCN1C(=O)/C=C\n1cnc(-c2cc(C(F)(F)F)cc(C(F)(F)F)c2)n1. The lowest BCUT2D eigenvalue weighted by molar-refractivity contribution is -0.147. The first-order valence-electron chi connectivity index (χ1n) is 8.33. The number of benzene rings is 1. The number of hydrogen-bond acceptors (Lipinski definition) is 4. The Labute approximate surface area is 165 Å². The second-order valence-electron chi connectivity index (χ2n) is 6.29. The van der Waals surface area contributed by atoms with Gasteiger partial charge < -0.3 is 0 Å². The van der Waals surface area contributed by atoms with Gasteiger partial charge >= 0.3 is 12.4 Å². The molecule has 13 heteroatoms. The molecule has 2 amide bonds. The van der Waals surface area contributed by atoms with Gasteiger partial charge in [-0.25, -0.2) is 14.7 Å². The molecule has 160 valence electrons. The van der Waals surface area contributed by atoms with Crippen LogP contribution < -0.4 is 0 Å². The summed E-state index contributed by atoms with van der Waals surface area (Å²) in [5, 5.41) is 6.10. The summed E-state index contributed by atoms with van der Waals surface area (Å²) in [6, 6.07) is 1.02. The first kappa shape index (κ1) is 21.3. The van der Waals surface area contributed by atoms with Crippen molar-refractivity contribution in [1.82, 2.24) is 24.8 Å². The van der Waals surface area contributed by atoms with Crippen molar-refractivity contribution in [2.75, 3.05) is 13.6 Å². The van der Waals surface area contributed by atoms with Gasteiger partial charge in [0, 0.05) is 31.3 Å². The third-order valence-corrected chi connectivity index (χ3v) is 4.24. The fourth-order valence-corrected chi connectivity index (χ4v) is 2.70. The number of hydrazine groups is 1. The van der Waals surface area contributed by atoms with E-state index in [-0.39, 0.29) is 24.9 Å². The van der Waals surface area contributed by atoms with Gasteiger partial charge in [-0.1, -0.05) is 0 Å². The van der Waals surface area contributed by atoms with Crippen molar-refractivity contribution < 1.29 is 35.9 Å². The summed E-state index contributed by atoms with van der Waals surface area (Å²) in [6.45, 7) is 0.186. The summed E-state index contributed by atoms with van der Waals surface area (Å²) in [6.07, 6.45) is -6.64. The molecule has 0 aliphatic carbocycles. The van der Waals surface area contributed by atoms with Gasteiger partial charge in [0.15, 0.2) is 5.82 Å². The molecule has 0 unspecified atom stereocenters. The van der Waals surface area contributed by atoms with E-state index in [0.29, 0.717) is 12.1 Å². The standard InChI is InChI=1S/C17H13F6N5O2/c1-26-13(29)3-5-28(26)14(30)2-4-27-9-24-15(25-27)10-6-11(16(18,19)20)8-12(7-10)17(21,22)23/h2,4,6-9H,3,5H2,1H3/b4-2-. The van der Waals surface area contributed by atoms with Gasteiger partial charge in [0.2, 0.25) is 5.91 Å². The summed E-state index contributed by atoms with van der Waals surface area (Å²) in [5.41, 5.74) is -3.47. The zero-order valence-electron chi connectivity index (χ0n) is 15.2. The smallest absolute Gasteiger partial charge is 0.273 e. The van der Waals surface area contributed by atoms with Gasteiger partial charge in [-0.15, -0.1) is 5.10 Å². The van der Waals surface area contributed by atoms with E-state index in [1.807, 2.05) is 0 Å². The van der Waals surface area contributed by atoms with E-state index < -0.39 is 40.8 Å². The second-order valence-corrected chi connectivity index (χ2v) is 6.29. The van der Waals surface area contributed by atoms with E-state index in [0.717, 1.165) is 28.3 Å². The number of amides is 2. The van der Waals surface area contributed by atoms with E-state index in [4.69, 9.17) is 0 Å². The molecule has 1 saturated heterocycles. The van der Waals surface area contributed by atoms with Crippen molar-refractivity contribution in [3.63, 3.8) is 0 Å². The first-order valence-corrected chi connectivity index (χ1v) is 8.33. The average molecular weight is 433 g/mol. The van der Waals surface area contributed by atoms with Crippen LogP contribution in [0.4, 0.5) is 26.3 Å². The summed E-state index contributed by atoms with van der Waals surface area (Å²) >= 11 is 0. The number of carbonyl (C=O) groups is 2. The molecule has 0 bridgehead atoms. The van der Waals surface area contributed by atoms with Crippen LogP contribution in [0.15, 0.2) is 30.6 Å². The molecule has 1 aromatic heterocycles. The topological polar surface area (TPSA) is 71.3 Å². The van der Waals surface area contributed by atoms with Crippen molar-refractivity contribution in [3.05, 3.63) is 41.7 Å². The molecule has 0 N–H and O–H groups in total. The lowest BCUT2D eigenvalue weighted by Gasteiger charge is -2.22. The molecule has 1 aromatic carbocycles. The van der Waals surface area contributed by atoms with Crippen LogP contribution in [0.5, 0.6) is 0 Å². The molecule has 7 nitrogen and oxygen atoms in total. The fraction of sp³-hybridized carbons (Fsp3) is 0.294. The van der Waals surface area contributed by atoms with Crippen molar-refractivity contribution >= 4 is 18.0 Å². The van der Waals surface area contributed by atoms with Gasteiger partial charge in [-0.3, -0.25) is 14.6 Å². The predicted molar refractivity (Wildman–Crippen MR) is 89.9 cm³/mol. The molecule has 0 atom stereocenters. The van der Waals surface area contributed by atoms with Crippen LogP contribution in [-0.2, 0) is 21.9 Å². The van der Waals surface area contributed by atoms with Gasteiger partial charge in [0.25, 0.3) is 5.91 Å². The zero-order valence-corrected chi connectivity index (χ0v) is 15.2. The van der Waals surface area contributed by atoms with Gasteiger partial charge in [0.05, 0.1) is 17.7 Å². The predicted octanol–water partition coefficient (Wildman–Crippen LogP) is 3.06. The first-order chi connectivity index (χ1) is 13.9. The highest BCUT2D eigenvalue weighted by Crippen LogP contribution is 2.38. The van der Waals surface area contributed by atoms with Crippen LogP contribution in [0.1, 0.15) is 17.5 Å². The van der Waals surface area contributed by atoms with Crippen LogP contribution in [-0.4, -0.2) is 50.2 Å². The highest BCUT2D eigenvalue weighted by atomic mass is 19.4. The zero-order chi connectivity index (χ0) is 22.3. The molecule has 2 aromatic rings. The van der Waals surface area contributed by atoms with Crippen LogP contribution >= 0.6 is 0 Å². The molecule has 0 radical (unpaired) electrons. The van der Waals surface area contributed by atoms with Gasteiger partial charge in [-0.2, -0.15) is 26.3 Å². The Morgan fingerprint density at radius 3 is 2.17 bits per heavy atom. The Bertz CT molecular complexity index is 979. The van der Waals surface area contributed by atoms with Crippen LogP contribution in [0, 0.1) is 0 Å². The van der Waals surface area contributed by atoms with Crippen molar-refractivity contribution in [3.8, 4) is 11.4 Å². The maximum Gasteiger partial charge on any atom is 0.416 e. The van der Waals surface area contributed by atoms with Crippen LogP contribution in [0.25, 0.3) is 17.6 Å². The molecular weight excluding hydrogens is 420 g/mol. The molecular formula is C17H13F6N5O2. The number of hydrogen-bond donors (Lipinski definition) is 0. The van der Waals surface area contributed by atoms with E-state index in [1.165, 1.54) is 12.1 Å². The monoisotopic (exact) mass is 433 g/mol. The summed E-state index contributed by atoms with van der Waals surface area (Å²) < 4.78 is 78.8. The van der Waals surface area contributed by atoms with Crippen LogP contribution in [0.2, 0.25) is 0 Å². The Hall–Kier alpha value is -3.38. The number of halogens is 6. The van der Waals surface area contributed by atoms with Gasteiger partial charge in [0.1, 0.15) is 6.33 Å².